The van der Waals surface area contributed by atoms with Crippen LogP contribution in [0, 0.1) is 19.8 Å². The Labute approximate surface area is 171 Å². The fraction of sp³-hybridized carbons (Fsp3) is 0.292. The first kappa shape index (κ1) is 20.5. The van der Waals surface area contributed by atoms with Gasteiger partial charge in [-0.25, -0.2) is 4.98 Å². The van der Waals surface area contributed by atoms with Gasteiger partial charge in [0, 0.05) is 30.0 Å². The highest BCUT2D eigenvalue weighted by Gasteiger charge is 2.15. The van der Waals surface area contributed by atoms with E-state index >= 15 is 0 Å². The molecule has 5 heteroatoms. The number of carbonyl (C=O) groups is 2. The molecule has 150 valence electrons. The Hall–Kier alpha value is -3.21. The first-order chi connectivity index (χ1) is 13.9. The van der Waals surface area contributed by atoms with Gasteiger partial charge in [0.2, 0.25) is 5.91 Å². The van der Waals surface area contributed by atoms with E-state index in [0.717, 1.165) is 27.7 Å². The first-order valence-corrected chi connectivity index (χ1v) is 9.90. The van der Waals surface area contributed by atoms with Gasteiger partial charge < -0.3 is 10.6 Å². The van der Waals surface area contributed by atoms with Crippen molar-refractivity contribution in [3.05, 3.63) is 65.2 Å². The van der Waals surface area contributed by atoms with E-state index in [1.54, 1.807) is 0 Å². The number of fused-ring (bicyclic) bond motifs is 1. The van der Waals surface area contributed by atoms with Crippen LogP contribution >= 0.6 is 0 Å². The lowest BCUT2D eigenvalue weighted by Gasteiger charge is -2.13. The van der Waals surface area contributed by atoms with Crippen molar-refractivity contribution in [3.63, 3.8) is 0 Å². The Kier molecular flexibility index (Phi) is 6.27. The predicted molar refractivity (Wildman–Crippen MR) is 117 cm³/mol. The Morgan fingerprint density at radius 1 is 0.966 bits per heavy atom. The van der Waals surface area contributed by atoms with Crippen molar-refractivity contribution in [2.75, 3.05) is 13.1 Å². The van der Waals surface area contributed by atoms with Crippen molar-refractivity contribution in [2.45, 2.75) is 27.7 Å². The quantitative estimate of drug-likeness (QED) is 0.626. The number of carbonyl (C=O) groups excluding carboxylic acids is 2. The monoisotopic (exact) mass is 389 g/mol. The molecule has 0 aliphatic rings. The molecule has 1 aromatic heterocycles. The second-order valence-electron chi connectivity index (χ2n) is 7.59. The van der Waals surface area contributed by atoms with E-state index in [1.807, 2.05) is 50.2 Å². The lowest BCUT2D eigenvalue weighted by atomic mass is 9.99. The van der Waals surface area contributed by atoms with Crippen molar-refractivity contribution in [1.29, 1.82) is 0 Å². The van der Waals surface area contributed by atoms with Gasteiger partial charge in [0.15, 0.2) is 0 Å². The van der Waals surface area contributed by atoms with Crippen LogP contribution in [0.2, 0.25) is 0 Å². The highest BCUT2D eigenvalue weighted by molar-refractivity contribution is 6.07. The number of aryl methyl sites for hydroxylation is 2. The maximum Gasteiger partial charge on any atom is 0.252 e. The fourth-order valence-corrected chi connectivity index (χ4v) is 3.26. The minimum atomic E-state index is -0.173. The number of aromatic nitrogens is 1. The smallest absolute Gasteiger partial charge is 0.252 e. The molecule has 0 fully saturated rings. The lowest BCUT2D eigenvalue weighted by molar-refractivity contribution is -0.123. The average Bonchev–Trinajstić information content (AvgIpc) is 2.70. The summed E-state index contributed by atoms with van der Waals surface area (Å²) in [6.07, 6.45) is 0. The summed E-state index contributed by atoms with van der Waals surface area (Å²) in [6.45, 7) is 8.55. The molecule has 0 radical (unpaired) electrons. The van der Waals surface area contributed by atoms with Crippen LogP contribution in [-0.4, -0.2) is 29.9 Å². The SMILES string of the molecule is Cc1ccc(-c2cc(C(=O)NCCNC(=O)C(C)C)c3ccccc3n2)c(C)c1. The number of nitrogens with one attached hydrogen (secondary N) is 2. The highest BCUT2D eigenvalue weighted by atomic mass is 16.2. The van der Waals surface area contributed by atoms with Gasteiger partial charge in [0.1, 0.15) is 0 Å². The zero-order valence-corrected chi connectivity index (χ0v) is 17.4. The zero-order chi connectivity index (χ0) is 21.0. The maximum atomic E-state index is 12.9. The summed E-state index contributed by atoms with van der Waals surface area (Å²) in [6, 6.07) is 15.7. The molecular weight excluding hydrogens is 362 g/mol. The third-order valence-electron chi connectivity index (χ3n) is 4.85. The van der Waals surface area contributed by atoms with Crippen LogP contribution in [0.1, 0.15) is 35.3 Å². The van der Waals surface area contributed by atoms with E-state index in [0.29, 0.717) is 18.7 Å². The first-order valence-electron chi connectivity index (χ1n) is 9.90. The van der Waals surface area contributed by atoms with Crippen LogP contribution in [0.3, 0.4) is 0 Å². The maximum absolute atomic E-state index is 12.9. The number of benzene rings is 2. The number of hydrogen-bond donors (Lipinski definition) is 2. The van der Waals surface area contributed by atoms with Gasteiger partial charge in [0.25, 0.3) is 5.91 Å². The van der Waals surface area contributed by atoms with Gasteiger partial charge in [-0.1, -0.05) is 55.8 Å². The van der Waals surface area contributed by atoms with E-state index in [1.165, 1.54) is 5.56 Å². The van der Waals surface area contributed by atoms with Crippen LogP contribution in [0.15, 0.2) is 48.5 Å². The van der Waals surface area contributed by atoms with Crippen molar-refractivity contribution in [1.82, 2.24) is 15.6 Å². The summed E-state index contributed by atoms with van der Waals surface area (Å²) in [5, 5.41) is 6.53. The summed E-state index contributed by atoms with van der Waals surface area (Å²) < 4.78 is 0. The average molecular weight is 389 g/mol. The van der Waals surface area contributed by atoms with E-state index in [4.69, 9.17) is 4.98 Å². The van der Waals surface area contributed by atoms with E-state index in [-0.39, 0.29) is 17.7 Å². The molecule has 0 aliphatic carbocycles. The molecule has 2 amide bonds. The minimum Gasteiger partial charge on any atom is -0.354 e. The topological polar surface area (TPSA) is 71.1 Å². The van der Waals surface area contributed by atoms with E-state index in [2.05, 4.69) is 36.6 Å². The molecule has 3 aromatic rings. The summed E-state index contributed by atoms with van der Waals surface area (Å²) in [5.74, 6) is -0.269. The number of hydrogen-bond acceptors (Lipinski definition) is 3. The third-order valence-corrected chi connectivity index (χ3v) is 4.85. The second kappa shape index (κ2) is 8.86. The van der Waals surface area contributed by atoms with Crippen molar-refractivity contribution in [2.24, 2.45) is 5.92 Å². The number of rotatable bonds is 6. The van der Waals surface area contributed by atoms with Crippen molar-refractivity contribution >= 4 is 22.7 Å². The van der Waals surface area contributed by atoms with Gasteiger partial charge in [-0.05, 0) is 31.5 Å². The van der Waals surface area contributed by atoms with Crippen LogP contribution in [0.25, 0.3) is 22.2 Å². The van der Waals surface area contributed by atoms with Crippen molar-refractivity contribution in [3.8, 4) is 11.3 Å². The Morgan fingerprint density at radius 2 is 1.69 bits per heavy atom. The molecule has 2 N–H and O–H groups in total. The van der Waals surface area contributed by atoms with Gasteiger partial charge in [-0.15, -0.1) is 0 Å². The molecule has 1 heterocycles. The highest BCUT2D eigenvalue weighted by Crippen LogP contribution is 2.27. The molecule has 0 spiro atoms. The summed E-state index contributed by atoms with van der Waals surface area (Å²) >= 11 is 0. The molecule has 29 heavy (non-hydrogen) atoms. The van der Waals surface area contributed by atoms with Crippen LogP contribution in [0.4, 0.5) is 0 Å². The van der Waals surface area contributed by atoms with Crippen molar-refractivity contribution < 1.29 is 9.59 Å². The zero-order valence-electron chi connectivity index (χ0n) is 17.4. The largest absolute Gasteiger partial charge is 0.354 e. The molecular formula is C24H27N3O2. The van der Waals surface area contributed by atoms with Gasteiger partial charge in [-0.2, -0.15) is 0 Å². The van der Waals surface area contributed by atoms with Gasteiger partial charge >= 0.3 is 0 Å². The number of amides is 2. The molecule has 5 nitrogen and oxygen atoms in total. The molecule has 2 aromatic carbocycles. The second-order valence-corrected chi connectivity index (χ2v) is 7.59. The van der Waals surface area contributed by atoms with Crippen LogP contribution in [-0.2, 0) is 4.79 Å². The normalized spacial score (nSPS) is 10.9. The number of para-hydroxylation sites is 1. The minimum absolute atomic E-state index is 0.0225. The third kappa shape index (κ3) is 4.80. The summed E-state index contributed by atoms with van der Waals surface area (Å²) in [5.41, 5.74) is 5.46. The Bertz CT molecular complexity index is 1060. The van der Waals surface area contributed by atoms with Crippen LogP contribution in [0.5, 0.6) is 0 Å². The molecule has 3 rings (SSSR count). The van der Waals surface area contributed by atoms with Crippen LogP contribution < -0.4 is 10.6 Å². The number of nitrogens with zero attached hydrogens (tertiary/aromatic N) is 1. The van der Waals surface area contributed by atoms with E-state index in [9.17, 15) is 9.59 Å². The molecule has 0 aliphatic heterocycles. The van der Waals surface area contributed by atoms with Gasteiger partial charge in [0.05, 0.1) is 16.8 Å². The lowest BCUT2D eigenvalue weighted by Crippen LogP contribution is -2.36. The molecule has 0 saturated carbocycles. The molecule has 0 atom stereocenters. The predicted octanol–water partition coefficient (Wildman–Crippen LogP) is 4.02. The molecule has 0 bridgehead atoms. The number of pyridine rings is 1. The molecule has 0 unspecified atom stereocenters. The van der Waals surface area contributed by atoms with E-state index < -0.39 is 0 Å². The Morgan fingerprint density at radius 3 is 2.41 bits per heavy atom. The van der Waals surface area contributed by atoms with Gasteiger partial charge in [-0.3, -0.25) is 9.59 Å². The summed E-state index contributed by atoms with van der Waals surface area (Å²) in [7, 11) is 0. The molecule has 0 saturated heterocycles. The standard InChI is InChI=1S/C24H27N3O2/c1-15(2)23(28)25-11-12-26-24(29)20-14-22(18-10-9-16(3)13-17(18)4)27-21-8-6-5-7-19(20)21/h5-10,13-15H,11-12H2,1-4H3,(H,25,28)(H,26,29). The fourth-order valence-electron chi connectivity index (χ4n) is 3.26. The Balaban J connectivity index is 1.88. The summed E-state index contributed by atoms with van der Waals surface area (Å²) in [4.78, 5) is 29.3.